The average molecular weight is 332 g/mol. The van der Waals surface area contributed by atoms with Crippen LogP contribution in [0.5, 0.6) is 0 Å². The number of aromatic nitrogens is 3. The summed E-state index contributed by atoms with van der Waals surface area (Å²) in [6.45, 7) is 2.97. The molecule has 2 unspecified atom stereocenters. The molecule has 2 aromatic heterocycles. The zero-order valence-electron chi connectivity index (χ0n) is 13.6. The van der Waals surface area contributed by atoms with Gasteiger partial charge in [0.15, 0.2) is 0 Å². The molecular formula is C17H24N4OS. The number of aryl methyl sites for hydroxylation is 3. The average Bonchev–Trinajstić information content (AvgIpc) is 3.23. The fraction of sp³-hybridized carbons (Fsp3) is 0.647. The zero-order valence-corrected chi connectivity index (χ0v) is 14.4. The lowest BCUT2D eigenvalue weighted by molar-refractivity contribution is 0.0404. The molecule has 0 aromatic carbocycles. The number of imidazole rings is 1. The van der Waals surface area contributed by atoms with Gasteiger partial charge < -0.3 is 9.67 Å². The first kappa shape index (κ1) is 15.3. The SMILES string of the molecule is Cn1ccnc1C(O)C1CCCN(Cc2nc3c(s2)CCC3)C1. The maximum absolute atomic E-state index is 10.7. The van der Waals surface area contributed by atoms with Gasteiger partial charge in [0.05, 0.1) is 12.2 Å². The zero-order chi connectivity index (χ0) is 15.8. The highest BCUT2D eigenvalue weighted by Gasteiger charge is 2.29. The smallest absolute Gasteiger partial charge is 0.137 e. The van der Waals surface area contributed by atoms with Crippen LogP contribution in [0.15, 0.2) is 12.4 Å². The fourth-order valence-electron chi connectivity index (χ4n) is 3.87. The predicted molar refractivity (Wildman–Crippen MR) is 90.3 cm³/mol. The number of fused-ring (bicyclic) bond motifs is 1. The molecule has 1 N–H and O–H groups in total. The van der Waals surface area contributed by atoms with Crippen molar-refractivity contribution in [2.24, 2.45) is 13.0 Å². The van der Waals surface area contributed by atoms with Gasteiger partial charge in [-0.25, -0.2) is 9.97 Å². The Kier molecular flexibility index (Phi) is 4.22. The van der Waals surface area contributed by atoms with Crippen LogP contribution in [0.1, 0.15) is 46.8 Å². The van der Waals surface area contributed by atoms with Crippen LogP contribution in [0.2, 0.25) is 0 Å². The number of piperidine rings is 1. The summed E-state index contributed by atoms with van der Waals surface area (Å²) in [6.07, 6.45) is 9.04. The minimum absolute atomic E-state index is 0.261. The molecule has 6 heteroatoms. The van der Waals surface area contributed by atoms with Crippen LogP contribution in [0, 0.1) is 5.92 Å². The van der Waals surface area contributed by atoms with Gasteiger partial charge in [-0.1, -0.05) is 0 Å². The van der Waals surface area contributed by atoms with Crippen molar-refractivity contribution in [3.05, 3.63) is 33.8 Å². The molecule has 0 amide bonds. The van der Waals surface area contributed by atoms with Crippen molar-refractivity contribution in [2.75, 3.05) is 13.1 Å². The first-order valence-electron chi connectivity index (χ1n) is 8.56. The molecule has 124 valence electrons. The van der Waals surface area contributed by atoms with Crippen LogP contribution >= 0.6 is 11.3 Å². The second-order valence-electron chi connectivity index (χ2n) is 6.81. The minimum Gasteiger partial charge on any atom is -0.385 e. The maximum Gasteiger partial charge on any atom is 0.137 e. The third-order valence-corrected chi connectivity index (χ3v) is 6.25. The lowest BCUT2D eigenvalue weighted by Gasteiger charge is -2.34. The normalized spacial score (nSPS) is 23.1. The van der Waals surface area contributed by atoms with Gasteiger partial charge in [0.2, 0.25) is 0 Å². The van der Waals surface area contributed by atoms with E-state index in [1.165, 1.54) is 28.4 Å². The van der Waals surface area contributed by atoms with E-state index in [2.05, 4.69) is 9.88 Å². The van der Waals surface area contributed by atoms with E-state index in [-0.39, 0.29) is 5.92 Å². The van der Waals surface area contributed by atoms with Crippen LogP contribution in [-0.4, -0.2) is 37.6 Å². The van der Waals surface area contributed by atoms with Crippen molar-refractivity contribution in [1.82, 2.24) is 19.4 Å². The lowest BCUT2D eigenvalue weighted by Crippen LogP contribution is -2.37. The molecule has 0 saturated carbocycles. The summed E-state index contributed by atoms with van der Waals surface area (Å²) in [5, 5.41) is 11.9. The number of thiazole rings is 1. The first-order valence-corrected chi connectivity index (χ1v) is 9.37. The number of hydrogen-bond donors (Lipinski definition) is 1. The molecule has 3 heterocycles. The number of hydrogen-bond acceptors (Lipinski definition) is 5. The Morgan fingerprint density at radius 1 is 1.39 bits per heavy atom. The highest BCUT2D eigenvalue weighted by molar-refractivity contribution is 7.11. The Labute approximate surface area is 141 Å². The van der Waals surface area contributed by atoms with Gasteiger partial charge in [-0.05, 0) is 38.6 Å². The van der Waals surface area contributed by atoms with E-state index in [0.717, 1.165) is 44.7 Å². The van der Waals surface area contributed by atoms with Crippen LogP contribution < -0.4 is 0 Å². The molecule has 2 aromatic rings. The van der Waals surface area contributed by atoms with Crippen LogP contribution in [0.4, 0.5) is 0 Å². The van der Waals surface area contributed by atoms with Crippen molar-refractivity contribution >= 4 is 11.3 Å². The second kappa shape index (κ2) is 6.34. The van der Waals surface area contributed by atoms with Crippen molar-refractivity contribution in [1.29, 1.82) is 0 Å². The topological polar surface area (TPSA) is 54.2 Å². The molecule has 0 bridgehead atoms. The number of nitrogens with zero attached hydrogens (tertiary/aromatic N) is 4. The Morgan fingerprint density at radius 2 is 2.30 bits per heavy atom. The Bertz CT molecular complexity index is 658. The van der Waals surface area contributed by atoms with Gasteiger partial charge in [-0.2, -0.15) is 0 Å². The first-order chi connectivity index (χ1) is 11.2. The van der Waals surface area contributed by atoms with Gasteiger partial charge >= 0.3 is 0 Å². The van der Waals surface area contributed by atoms with Gasteiger partial charge in [0.1, 0.15) is 16.9 Å². The van der Waals surface area contributed by atoms with Crippen LogP contribution in [0.25, 0.3) is 0 Å². The van der Waals surface area contributed by atoms with E-state index in [1.807, 2.05) is 29.1 Å². The molecular weight excluding hydrogens is 308 g/mol. The molecule has 4 rings (SSSR count). The molecule has 1 aliphatic carbocycles. The summed E-state index contributed by atoms with van der Waals surface area (Å²) >= 11 is 1.89. The summed E-state index contributed by atoms with van der Waals surface area (Å²) in [5.41, 5.74) is 1.34. The molecule has 0 spiro atoms. The number of rotatable bonds is 4. The quantitative estimate of drug-likeness (QED) is 0.933. The Morgan fingerprint density at radius 3 is 3.09 bits per heavy atom. The van der Waals surface area contributed by atoms with E-state index < -0.39 is 6.10 Å². The summed E-state index contributed by atoms with van der Waals surface area (Å²) in [6, 6.07) is 0. The summed E-state index contributed by atoms with van der Waals surface area (Å²) in [5.74, 6) is 1.04. The van der Waals surface area contributed by atoms with Gasteiger partial charge in [0.25, 0.3) is 0 Å². The molecule has 2 atom stereocenters. The second-order valence-corrected chi connectivity index (χ2v) is 7.98. The van der Waals surface area contributed by atoms with E-state index in [0.29, 0.717) is 0 Å². The fourth-order valence-corrected chi connectivity index (χ4v) is 5.07. The summed E-state index contributed by atoms with van der Waals surface area (Å²) in [7, 11) is 1.95. The van der Waals surface area contributed by atoms with Gasteiger partial charge in [-0.3, -0.25) is 4.90 Å². The van der Waals surface area contributed by atoms with E-state index in [4.69, 9.17) is 4.98 Å². The van der Waals surface area contributed by atoms with Gasteiger partial charge in [0, 0.05) is 36.8 Å². The third-order valence-electron chi connectivity index (χ3n) is 5.11. The lowest BCUT2D eigenvalue weighted by atomic mass is 9.92. The van der Waals surface area contributed by atoms with E-state index in [1.54, 1.807) is 6.20 Å². The predicted octanol–water partition coefficient (Wildman–Crippen LogP) is 2.31. The molecule has 2 aliphatic rings. The standard InChI is InChI=1S/C17H24N4OS/c1-20-9-7-18-17(20)16(22)12-4-3-8-21(10-12)11-15-19-13-5-2-6-14(13)23-15/h7,9,12,16,22H,2-6,8,10-11H2,1H3. The Hall–Kier alpha value is -1.24. The van der Waals surface area contributed by atoms with Crippen molar-refractivity contribution in [3.63, 3.8) is 0 Å². The van der Waals surface area contributed by atoms with E-state index in [9.17, 15) is 5.11 Å². The molecule has 1 fully saturated rings. The third kappa shape index (κ3) is 3.07. The van der Waals surface area contributed by atoms with Crippen molar-refractivity contribution < 1.29 is 5.11 Å². The minimum atomic E-state index is -0.473. The highest BCUT2D eigenvalue weighted by Crippen LogP contribution is 2.31. The monoisotopic (exact) mass is 332 g/mol. The summed E-state index contributed by atoms with van der Waals surface area (Å²) < 4.78 is 1.93. The van der Waals surface area contributed by atoms with E-state index >= 15 is 0 Å². The number of likely N-dealkylation sites (tertiary alicyclic amines) is 1. The molecule has 1 aliphatic heterocycles. The molecule has 5 nitrogen and oxygen atoms in total. The Balaban J connectivity index is 1.41. The molecule has 1 saturated heterocycles. The molecule has 0 radical (unpaired) electrons. The largest absolute Gasteiger partial charge is 0.385 e. The highest BCUT2D eigenvalue weighted by atomic mass is 32.1. The van der Waals surface area contributed by atoms with Crippen molar-refractivity contribution in [3.8, 4) is 0 Å². The van der Waals surface area contributed by atoms with Crippen LogP contribution in [0.3, 0.4) is 0 Å². The molecule has 23 heavy (non-hydrogen) atoms. The number of aliphatic hydroxyl groups excluding tert-OH is 1. The van der Waals surface area contributed by atoms with Crippen molar-refractivity contribution in [2.45, 2.75) is 44.8 Å². The van der Waals surface area contributed by atoms with Crippen LogP contribution in [-0.2, 0) is 26.4 Å². The summed E-state index contributed by atoms with van der Waals surface area (Å²) in [4.78, 5) is 13.1. The maximum atomic E-state index is 10.7. The van der Waals surface area contributed by atoms with Gasteiger partial charge in [-0.15, -0.1) is 11.3 Å². The number of aliphatic hydroxyl groups is 1.